The number of nitrogens with one attached hydrogen (secondary N) is 1. The molecule has 0 radical (unpaired) electrons. The molecule has 0 bridgehead atoms. The number of rotatable bonds is 5. The second kappa shape index (κ2) is 6.95. The van der Waals surface area contributed by atoms with Gasteiger partial charge in [-0.1, -0.05) is 13.8 Å². The Labute approximate surface area is 143 Å². The van der Waals surface area contributed by atoms with Gasteiger partial charge < -0.3 is 10.2 Å². The van der Waals surface area contributed by atoms with Crippen LogP contribution in [-0.4, -0.2) is 46.1 Å². The Kier molecular flexibility index (Phi) is 4.92. The number of hydrogen-bond acceptors (Lipinski definition) is 3. The summed E-state index contributed by atoms with van der Waals surface area (Å²) in [7, 11) is 0. The third-order valence-corrected chi connectivity index (χ3v) is 5.10. The third kappa shape index (κ3) is 3.62. The van der Waals surface area contributed by atoms with Crippen molar-refractivity contribution in [2.45, 2.75) is 52.5 Å². The fraction of sp³-hybridized carbons (Fsp3) is 0.722. The van der Waals surface area contributed by atoms with Gasteiger partial charge in [-0.2, -0.15) is 5.10 Å². The van der Waals surface area contributed by atoms with Gasteiger partial charge in [-0.25, -0.2) is 0 Å². The predicted molar refractivity (Wildman–Crippen MR) is 91.5 cm³/mol. The molecule has 24 heavy (non-hydrogen) atoms. The summed E-state index contributed by atoms with van der Waals surface area (Å²) in [6, 6.07) is 0. The monoisotopic (exact) mass is 332 g/mol. The van der Waals surface area contributed by atoms with Crippen molar-refractivity contribution in [3.05, 3.63) is 17.5 Å². The van der Waals surface area contributed by atoms with Crippen LogP contribution in [0.5, 0.6) is 0 Å². The molecule has 1 fully saturated rings. The molecule has 2 atom stereocenters. The number of aryl methyl sites for hydroxylation is 1. The van der Waals surface area contributed by atoms with Gasteiger partial charge in [-0.3, -0.25) is 14.3 Å². The highest BCUT2D eigenvalue weighted by Gasteiger charge is 2.40. The molecule has 0 saturated carbocycles. The van der Waals surface area contributed by atoms with E-state index in [1.807, 2.05) is 9.58 Å². The largest absolute Gasteiger partial charge is 0.354 e. The topological polar surface area (TPSA) is 67.2 Å². The Morgan fingerprint density at radius 1 is 1.38 bits per heavy atom. The average Bonchev–Trinajstić information content (AvgIpc) is 3.08. The summed E-state index contributed by atoms with van der Waals surface area (Å²) in [5.41, 5.74) is 2.49. The quantitative estimate of drug-likeness (QED) is 0.890. The molecule has 0 aromatic carbocycles. The van der Waals surface area contributed by atoms with Crippen molar-refractivity contribution in [2.75, 3.05) is 19.6 Å². The molecule has 1 aliphatic heterocycles. The lowest BCUT2D eigenvalue weighted by Crippen LogP contribution is -2.29. The number of nitrogens with zero attached hydrogens (tertiary/aromatic N) is 3. The van der Waals surface area contributed by atoms with Crippen LogP contribution in [0.1, 0.15) is 50.8 Å². The van der Waals surface area contributed by atoms with Gasteiger partial charge in [0.05, 0.1) is 12.2 Å². The lowest BCUT2D eigenvalue weighted by Gasteiger charge is -2.22. The van der Waals surface area contributed by atoms with Gasteiger partial charge in [0.25, 0.3) is 0 Å². The van der Waals surface area contributed by atoms with E-state index in [0.29, 0.717) is 37.3 Å². The summed E-state index contributed by atoms with van der Waals surface area (Å²) < 4.78 is 1.95. The molecule has 0 unspecified atom stereocenters. The van der Waals surface area contributed by atoms with Gasteiger partial charge in [0.2, 0.25) is 11.8 Å². The van der Waals surface area contributed by atoms with Crippen LogP contribution in [0.2, 0.25) is 0 Å². The third-order valence-electron chi connectivity index (χ3n) is 5.10. The van der Waals surface area contributed by atoms with E-state index in [-0.39, 0.29) is 11.8 Å². The summed E-state index contributed by atoms with van der Waals surface area (Å²) in [4.78, 5) is 25.4. The van der Waals surface area contributed by atoms with E-state index in [2.05, 4.69) is 25.4 Å². The highest BCUT2D eigenvalue weighted by molar-refractivity contribution is 5.77. The highest BCUT2D eigenvalue weighted by atomic mass is 16.2. The van der Waals surface area contributed by atoms with E-state index in [9.17, 15) is 9.59 Å². The Hall–Kier alpha value is -1.85. The Morgan fingerprint density at radius 2 is 2.17 bits per heavy atom. The van der Waals surface area contributed by atoms with Crippen LogP contribution < -0.4 is 5.32 Å². The van der Waals surface area contributed by atoms with Gasteiger partial charge in [0.15, 0.2) is 0 Å². The van der Waals surface area contributed by atoms with Crippen molar-refractivity contribution in [3.8, 4) is 0 Å². The molecule has 1 saturated heterocycles. The highest BCUT2D eigenvalue weighted by Crippen LogP contribution is 2.40. The van der Waals surface area contributed by atoms with E-state index in [0.717, 1.165) is 25.9 Å². The molecule has 1 aromatic rings. The molecule has 6 heteroatoms. The van der Waals surface area contributed by atoms with Crippen molar-refractivity contribution < 1.29 is 9.59 Å². The first kappa shape index (κ1) is 17.0. The fourth-order valence-electron chi connectivity index (χ4n) is 3.94. The van der Waals surface area contributed by atoms with Crippen LogP contribution in [0.25, 0.3) is 0 Å². The van der Waals surface area contributed by atoms with E-state index < -0.39 is 0 Å². The number of carbonyl (C=O) groups is 2. The van der Waals surface area contributed by atoms with Gasteiger partial charge in [-0.05, 0) is 30.2 Å². The molecular formula is C18H28N4O2. The first-order chi connectivity index (χ1) is 11.4. The second-order valence-electron chi connectivity index (χ2n) is 7.59. The van der Waals surface area contributed by atoms with Crippen LogP contribution in [0.3, 0.4) is 0 Å². The molecule has 6 nitrogen and oxygen atoms in total. The number of fused-ring (bicyclic) bond motifs is 3. The summed E-state index contributed by atoms with van der Waals surface area (Å²) in [6.45, 7) is 8.70. The second-order valence-corrected chi connectivity index (χ2v) is 7.59. The molecule has 1 N–H and O–H groups in total. The minimum Gasteiger partial charge on any atom is -0.354 e. The zero-order valence-corrected chi connectivity index (χ0v) is 14.9. The molecule has 1 aromatic heterocycles. The first-order valence-electron chi connectivity index (χ1n) is 9.02. The molecule has 2 heterocycles. The Balaban J connectivity index is 1.66. The first-order valence-corrected chi connectivity index (χ1v) is 9.02. The smallest absolute Gasteiger partial charge is 0.222 e. The molecular weight excluding hydrogens is 304 g/mol. The molecule has 2 aliphatic rings. The molecule has 3 rings (SSSR count). The van der Waals surface area contributed by atoms with Crippen molar-refractivity contribution in [3.63, 3.8) is 0 Å². The van der Waals surface area contributed by atoms with Crippen molar-refractivity contribution in [1.29, 1.82) is 0 Å². The number of amides is 2. The van der Waals surface area contributed by atoms with Crippen LogP contribution in [0.15, 0.2) is 6.20 Å². The summed E-state index contributed by atoms with van der Waals surface area (Å²) in [6.07, 6.45) is 4.94. The number of aromatic nitrogens is 2. The summed E-state index contributed by atoms with van der Waals surface area (Å²) in [5, 5.41) is 7.58. The maximum Gasteiger partial charge on any atom is 0.222 e. The fourth-order valence-corrected chi connectivity index (χ4v) is 3.94. The van der Waals surface area contributed by atoms with Crippen LogP contribution in [-0.2, 0) is 22.6 Å². The summed E-state index contributed by atoms with van der Waals surface area (Å²) >= 11 is 0. The van der Waals surface area contributed by atoms with Gasteiger partial charge in [-0.15, -0.1) is 0 Å². The minimum atomic E-state index is -0.0120. The van der Waals surface area contributed by atoms with Crippen LogP contribution in [0, 0.1) is 11.8 Å². The van der Waals surface area contributed by atoms with Crippen LogP contribution >= 0.6 is 0 Å². The lowest BCUT2D eigenvalue weighted by molar-refractivity contribution is -0.131. The number of likely N-dealkylation sites (tertiary alicyclic amines) is 1. The zero-order valence-electron chi connectivity index (χ0n) is 14.9. The minimum absolute atomic E-state index is 0.0120. The van der Waals surface area contributed by atoms with E-state index >= 15 is 0 Å². The molecule has 132 valence electrons. The molecule has 0 spiro atoms. The molecule has 1 aliphatic carbocycles. The molecule has 2 amide bonds. The maximum absolute atomic E-state index is 12.4. The lowest BCUT2D eigenvalue weighted by atomic mass is 9.81. The number of carbonyl (C=O) groups excluding carboxylic acids is 2. The van der Waals surface area contributed by atoms with Gasteiger partial charge in [0.1, 0.15) is 0 Å². The summed E-state index contributed by atoms with van der Waals surface area (Å²) in [5.74, 6) is 1.61. The zero-order chi connectivity index (χ0) is 17.3. The predicted octanol–water partition coefficient (Wildman–Crippen LogP) is 1.55. The van der Waals surface area contributed by atoms with E-state index in [1.54, 1.807) is 0 Å². The maximum atomic E-state index is 12.4. The van der Waals surface area contributed by atoms with Crippen LogP contribution in [0.4, 0.5) is 0 Å². The van der Waals surface area contributed by atoms with Gasteiger partial charge in [0, 0.05) is 45.1 Å². The Morgan fingerprint density at radius 3 is 2.88 bits per heavy atom. The van der Waals surface area contributed by atoms with Crippen molar-refractivity contribution in [1.82, 2.24) is 20.0 Å². The van der Waals surface area contributed by atoms with E-state index in [1.165, 1.54) is 18.2 Å². The Bertz CT molecular complexity index is 623. The van der Waals surface area contributed by atoms with Crippen molar-refractivity contribution in [2.24, 2.45) is 11.8 Å². The van der Waals surface area contributed by atoms with Gasteiger partial charge >= 0.3 is 0 Å². The number of hydrogen-bond donors (Lipinski definition) is 1. The normalized spacial score (nSPS) is 22.4. The van der Waals surface area contributed by atoms with E-state index in [4.69, 9.17) is 5.10 Å². The SMILES string of the molecule is CC(=O)NCCn1cc2c(n1)[C@H]1CN(C(=O)CC(C)C)C[C@H]1CC2. The standard InChI is InChI=1S/C18H28N4O2/c1-12(2)8-17(24)21-9-14-4-5-15-10-22(7-6-19-13(3)23)20-18(15)16(14)11-21/h10,12,14,16H,4-9,11H2,1-3H3,(H,19,23)/t14-,16+/m1/s1. The average molecular weight is 332 g/mol. The van der Waals surface area contributed by atoms with Crippen molar-refractivity contribution >= 4 is 11.8 Å².